The molecule has 0 radical (unpaired) electrons. The van der Waals surface area contributed by atoms with Crippen LogP contribution in [0.1, 0.15) is 67.2 Å². The number of amides is 2. The van der Waals surface area contributed by atoms with Crippen LogP contribution in [0.3, 0.4) is 0 Å². The zero-order valence-electron chi connectivity index (χ0n) is 18.6. The molecule has 32 heavy (non-hydrogen) atoms. The molecule has 2 heterocycles. The SMILES string of the molecule is COc1ccc(-c2nc(C3CCC(CNC(=O)C[C@H]4CCCO4)CC3)[nH]c2C(N)=O)cc1. The highest BCUT2D eigenvalue weighted by atomic mass is 16.5. The van der Waals surface area contributed by atoms with Gasteiger partial charge in [0, 0.05) is 24.6 Å². The van der Waals surface area contributed by atoms with Crippen LogP contribution in [0.5, 0.6) is 5.75 Å². The van der Waals surface area contributed by atoms with Gasteiger partial charge in [-0.15, -0.1) is 0 Å². The molecule has 0 unspecified atom stereocenters. The highest BCUT2D eigenvalue weighted by Crippen LogP contribution is 2.36. The van der Waals surface area contributed by atoms with Gasteiger partial charge in [0.15, 0.2) is 0 Å². The zero-order chi connectivity index (χ0) is 22.5. The van der Waals surface area contributed by atoms with Crippen molar-refractivity contribution >= 4 is 11.8 Å². The number of nitrogens with zero attached hydrogens (tertiary/aromatic N) is 1. The van der Waals surface area contributed by atoms with E-state index in [-0.39, 0.29) is 17.9 Å². The van der Waals surface area contributed by atoms with Crippen LogP contribution in [0.4, 0.5) is 0 Å². The first-order valence-electron chi connectivity index (χ1n) is 11.5. The summed E-state index contributed by atoms with van der Waals surface area (Å²) in [5.74, 6) is 1.83. The van der Waals surface area contributed by atoms with Crippen molar-refractivity contribution in [3.8, 4) is 17.0 Å². The summed E-state index contributed by atoms with van der Waals surface area (Å²) in [6.07, 6.45) is 6.51. The van der Waals surface area contributed by atoms with Gasteiger partial charge in [-0.1, -0.05) is 0 Å². The number of primary amides is 1. The number of rotatable bonds is 8. The lowest BCUT2D eigenvalue weighted by Gasteiger charge is -2.27. The van der Waals surface area contributed by atoms with Crippen molar-refractivity contribution in [2.45, 2.75) is 57.0 Å². The Kier molecular flexibility index (Phi) is 7.09. The van der Waals surface area contributed by atoms with Gasteiger partial charge in [-0.25, -0.2) is 4.98 Å². The van der Waals surface area contributed by atoms with E-state index in [0.717, 1.165) is 62.3 Å². The molecule has 2 amide bonds. The summed E-state index contributed by atoms with van der Waals surface area (Å²) in [5.41, 5.74) is 7.36. The number of benzene rings is 1. The van der Waals surface area contributed by atoms with E-state index >= 15 is 0 Å². The van der Waals surface area contributed by atoms with Crippen molar-refractivity contribution in [2.75, 3.05) is 20.3 Å². The van der Waals surface area contributed by atoms with Gasteiger partial charge in [0.2, 0.25) is 5.91 Å². The molecule has 1 saturated carbocycles. The summed E-state index contributed by atoms with van der Waals surface area (Å²) in [7, 11) is 1.61. The first-order valence-corrected chi connectivity index (χ1v) is 11.5. The van der Waals surface area contributed by atoms with E-state index in [9.17, 15) is 9.59 Å². The number of hydrogen-bond acceptors (Lipinski definition) is 5. The first-order chi connectivity index (χ1) is 15.5. The highest BCUT2D eigenvalue weighted by molar-refractivity contribution is 5.97. The van der Waals surface area contributed by atoms with Gasteiger partial charge in [0.05, 0.1) is 19.6 Å². The van der Waals surface area contributed by atoms with Gasteiger partial charge in [0.1, 0.15) is 23.0 Å². The third-order valence-corrected chi connectivity index (χ3v) is 6.59. The number of aromatic amines is 1. The molecular formula is C24H32N4O4. The van der Waals surface area contributed by atoms with E-state index in [4.69, 9.17) is 20.2 Å². The summed E-state index contributed by atoms with van der Waals surface area (Å²) in [6.45, 7) is 1.48. The number of carbonyl (C=O) groups is 2. The monoisotopic (exact) mass is 440 g/mol. The fraction of sp³-hybridized carbons (Fsp3) is 0.542. The third-order valence-electron chi connectivity index (χ3n) is 6.59. The molecule has 8 nitrogen and oxygen atoms in total. The van der Waals surface area contributed by atoms with Crippen LogP contribution in [-0.4, -0.2) is 48.1 Å². The number of H-pyrrole nitrogens is 1. The Morgan fingerprint density at radius 2 is 1.94 bits per heavy atom. The molecule has 1 aliphatic heterocycles. The minimum Gasteiger partial charge on any atom is -0.497 e. The second-order valence-electron chi connectivity index (χ2n) is 8.80. The Morgan fingerprint density at radius 1 is 1.19 bits per heavy atom. The lowest BCUT2D eigenvalue weighted by Crippen LogP contribution is -2.33. The molecule has 1 aromatic heterocycles. The third kappa shape index (κ3) is 5.30. The normalized spacial score (nSPS) is 23.1. The molecule has 172 valence electrons. The molecule has 0 spiro atoms. The van der Waals surface area contributed by atoms with E-state index in [1.165, 1.54) is 0 Å². The quantitative estimate of drug-likeness (QED) is 0.583. The second-order valence-corrected chi connectivity index (χ2v) is 8.80. The van der Waals surface area contributed by atoms with E-state index in [2.05, 4.69) is 10.3 Å². The average molecular weight is 441 g/mol. The summed E-state index contributed by atoms with van der Waals surface area (Å²) < 4.78 is 10.7. The standard InChI is InChI=1S/C24H32N4O4/c1-31-18-10-8-16(9-11-18)21-22(23(25)30)28-24(27-21)17-6-4-15(5-7-17)14-26-20(29)13-19-3-2-12-32-19/h8-11,15,17,19H,2-7,12-14H2,1H3,(H2,25,30)(H,26,29)(H,27,28)/t15?,17?,19-/m1/s1. The number of carbonyl (C=O) groups excluding carboxylic acids is 2. The van der Waals surface area contributed by atoms with Crippen LogP contribution in [-0.2, 0) is 9.53 Å². The first kappa shape index (κ1) is 22.3. The molecule has 2 aliphatic rings. The number of aromatic nitrogens is 2. The maximum absolute atomic E-state index is 12.1. The molecule has 1 saturated heterocycles. The number of ether oxygens (including phenoxy) is 2. The van der Waals surface area contributed by atoms with E-state index < -0.39 is 5.91 Å². The number of nitrogens with one attached hydrogen (secondary N) is 2. The van der Waals surface area contributed by atoms with Gasteiger partial charge in [-0.05, 0) is 68.7 Å². The van der Waals surface area contributed by atoms with Crippen LogP contribution in [0.25, 0.3) is 11.3 Å². The lowest BCUT2D eigenvalue weighted by atomic mass is 9.81. The van der Waals surface area contributed by atoms with Gasteiger partial charge in [-0.3, -0.25) is 9.59 Å². The Labute approximate surface area is 188 Å². The highest BCUT2D eigenvalue weighted by Gasteiger charge is 2.27. The average Bonchev–Trinajstić information content (AvgIpc) is 3.48. The molecule has 4 rings (SSSR count). The summed E-state index contributed by atoms with van der Waals surface area (Å²) >= 11 is 0. The molecule has 8 heteroatoms. The molecule has 2 aromatic rings. The van der Waals surface area contributed by atoms with Gasteiger partial charge >= 0.3 is 0 Å². The van der Waals surface area contributed by atoms with Crippen LogP contribution in [0.15, 0.2) is 24.3 Å². The molecule has 1 aliphatic carbocycles. The maximum Gasteiger partial charge on any atom is 0.267 e. The predicted molar refractivity (Wildman–Crippen MR) is 120 cm³/mol. The Bertz CT molecular complexity index is 926. The van der Waals surface area contributed by atoms with E-state index in [0.29, 0.717) is 30.3 Å². The molecule has 4 N–H and O–H groups in total. The largest absolute Gasteiger partial charge is 0.497 e. The number of imidazole rings is 1. The predicted octanol–water partition coefficient (Wildman–Crippen LogP) is 3.14. The van der Waals surface area contributed by atoms with Crippen molar-refractivity contribution in [3.05, 3.63) is 35.8 Å². The van der Waals surface area contributed by atoms with E-state index in [1.54, 1.807) is 7.11 Å². The minimum atomic E-state index is -0.516. The smallest absolute Gasteiger partial charge is 0.267 e. The summed E-state index contributed by atoms with van der Waals surface area (Å²) in [6, 6.07) is 7.43. The Morgan fingerprint density at radius 3 is 2.56 bits per heavy atom. The Balaban J connectivity index is 1.33. The van der Waals surface area contributed by atoms with Crippen molar-refractivity contribution in [2.24, 2.45) is 11.7 Å². The van der Waals surface area contributed by atoms with Gasteiger partial charge in [0.25, 0.3) is 5.91 Å². The number of nitrogens with two attached hydrogens (primary N) is 1. The van der Waals surface area contributed by atoms with Crippen LogP contribution < -0.4 is 15.8 Å². The van der Waals surface area contributed by atoms with Gasteiger partial charge in [-0.2, -0.15) is 0 Å². The zero-order valence-corrected chi connectivity index (χ0v) is 18.6. The second kappa shape index (κ2) is 10.2. The van der Waals surface area contributed by atoms with Crippen LogP contribution >= 0.6 is 0 Å². The van der Waals surface area contributed by atoms with Crippen LogP contribution in [0, 0.1) is 5.92 Å². The molecule has 1 aromatic carbocycles. The number of methoxy groups -OCH3 is 1. The van der Waals surface area contributed by atoms with Crippen molar-refractivity contribution in [1.82, 2.24) is 15.3 Å². The Hall–Kier alpha value is -2.87. The fourth-order valence-electron chi connectivity index (χ4n) is 4.70. The lowest BCUT2D eigenvalue weighted by molar-refractivity contribution is -0.123. The number of hydrogen-bond donors (Lipinski definition) is 3. The van der Waals surface area contributed by atoms with Crippen molar-refractivity contribution < 1.29 is 19.1 Å². The molecule has 0 bridgehead atoms. The van der Waals surface area contributed by atoms with Crippen LogP contribution in [0.2, 0.25) is 0 Å². The topological polar surface area (TPSA) is 119 Å². The minimum absolute atomic E-state index is 0.0836. The van der Waals surface area contributed by atoms with Crippen molar-refractivity contribution in [3.63, 3.8) is 0 Å². The molecular weight excluding hydrogens is 408 g/mol. The van der Waals surface area contributed by atoms with Gasteiger partial charge < -0.3 is 25.5 Å². The molecule has 1 atom stereocenters. The van der Waals surface area contributed by atoms with Crippen molar-refractivity contribution in [1.29, 1.82) is 0 Å². The summed E-state index contributed by atoms with van der Waals surface area (Å²) in [4.78, 5) is 32.1. The maximum atomic E-state index is 12.1. The fourth-order valence-corrected chi connectivity index (χ4v) is 4.70. The molecule has 2 fully saturated rings. The van der Waals surface area contributed by atoms with E-state index in [1.807, 2.05) is 24.3 Å². The summed E-state index contributed by atoms with van der Waals surface area (Å²) in [5, 5.41) is 3.08.